The van der Waals surface area contributed by atoms with Gasteiger partial charge in [0.2, 0.25) is 11.5 Å². The molecule has 276 valence electrons. The monoisotopic (exact) mass is 718 g/mol. The van der Waals surface area contributed by atoms with Crippen molar-refractivity contribution in [2.75, 3.05) is 51.0 Å². The molecule has 2 heterocycles. The molecule has 1 aliphatic rings. The Labute approximate surface area is 309 Å². The predicted octanol–water partition coefficient (Wildman–Crippen LogP) is 6.11. The number of benzene rings is 4. The molecule has 1 saturated heterocycles. The molecular formula is C42H48N5O6+. The number of nitrogens with zero attached hydrogens (tertiary/aromatic N) is 2. The summed E-state index contributed by atoms with van der Waals surface area (Å²) in [6, 6.07) is 29.5. The predicted molar refractivity (Wildman–Crippen MR) is 208 cm³/mol. The van der Waals surface area contributed by atoms with Gasteiger partial charge in [-0.1, -0.05) is 60.7 Å². The molecule has 5 aromatic rings. The number of aryl methyl sites for hydroxylation is 1. The molecule has 0 spiro atoms. The van der Waals surface area contributed by atoms with Gasteiger partial charge in [-0.3, -0.25) is 14.9 Å². The van der Waals surface area contributed by atoms with Crippen LogP contribution in [0.15, 0.2) is 102 Å². The van der Waals surface area contributed by atoms with E-state index in [1.807, 2.05) is 72.8 Å². The second kappa shape index (κ2) is 16.5. The minimum Gasteiger partial charge on any atom is -0.506 e. The van der Waals surface area contributed by atoms with Crippen LogP contribution in [0.5, 0.6) is 5.75 Å². The van der Waals surface area contributed by atoms with Crippen LogP contribution in [0.1, 0.15) is 42.1 Å². The number of carbonyl (C=O) groups is 2. The molecule has 0 radical (unpaired) electrons. The number of aliphatic hydroxyl groups is 1. The summed E-state index contributed by atoms with van der Waals surface area (Å²) in [5, 5.41) is 27.8. The molecule has 1 atom stereocenters. The van der Waals surface area contributed by atoms with Gasteiger partial charge in [-0.2, -0.15) is 0 Å². The number of aromatic nitrogens is 1. The molecule has 1 aromatic heterocycles. The summed E-state index contributed by atoms with van der Waals surface area (Å²) in [4.78, 5) is 42.3. The van der Waals surface area contributed by atoms with Crippen molar-refractivity contribution in [3.05, 3.63) is 124 Å². The lowest BCUT2D eigenvalue weighted by Crippen LogP contribution is -2.48. The smallest absolute Gasteiger partial charge is 0.411 e. The van der Waals surface area contributed by atoms with E-state index >= 15 is 0 Å². The first-order chi connectivity index (χ1) is 25.5. The lowest BCUT2D eigenvalue weighted by molar-refractivity contribution is -0.896. The van der Waals surface area contributed by atoms with E-state index in [1.165, 1.54) is 12.1 Å². The van der Waals surface area contributed by atoms with Gasteiger partial charge in [0.1, 0.15) is 11.9 Å². The fraction of sp³-hybridized carbons (Fsp3) is 0.310. The summed E-state index contributed by atoms with van der Waals surface area (Å²) in [5.74, 6) is -0.0947. The molecule has 0 aliphatic carbocycles. The maximum absolute atomic E-state index is 13.3. The number of rotatable bonds is 12. The van der Waals surface area contributed by atoms with Crippen LogP contribution in [0.4, 0.5) is 16.2 Å². The molecule has 1 aliphatic heterocycles. The number of piperidine rings is 1. The maximum Gasteiger partial charge on any atom is 0.411 e. The summed E-state index contributed by atoms with van der Waals surface area (Å²) in [5.41, 5.74) is 5.73. The molecule has 2 amide bonds. The van der Waals surface area contributed by atoms with Crippen molar-refractivity contribution < 1.29 is 29.0 Å². The molecule has 4 aromatic carbocycles. The zero-order valence-corrected chi connectivity index (χ0v) is 30.5. The van der Waals surface area contributed by atoms with Gasteiger partial charge >= 0.3 is 6.09 Å². The first-order valence-corrected chi connectivity index (χ1v) is 18.0. The largest absolute Gasteiger partial charge is 0.506 e. The summed E-state index contributed by atoms with van der Waals surface area (Å²) in [6.45, 7) is 2.67. The summed E-state index contributed by atoms with van der Waals surface area (Å²) >= 11 is 0. The Morgan fingerprint density at radius 1 is 0.943 bits per heavy atom. The number of carbonyl (C=O) groups excluding carboxylic acids is 2. The minimum atomic E-state index is -0.865. The molecular weight excluding hydrogens is 670 g/mol. The molecule has 0 saturated carbocycles. The summed E-state index contributed by atoms with van der Waals surface area (Å²) in [6.07, 6.45) is 0.996. The number of hydrogen-bond acceptors (Lipinski definition) is 7. The SMILES string of the molecule is CN(C(=O)CCc1ccc(-c2ccccc2)c(NC(=O)OC2CC[N+](C)(C)CC2)c1)c1ccc(CNC[C@@H](O)c2ccc(O)c3[nH]c(=O)ccc23)cc1. The summed E-state index contributed by atoms with van der Waals surface area (Å²) < 4.78 is 6.75. The van der Waals surface area contributed by atoms with E-state index in [-0.39, 0.29) is 36.3 Å². The van der Waals surface area contributed by atoms with Gasteiger partial charge in [-0.05, 0) is 59.0 Å². The first-order valence-electron chi connectivity index (χ1n) is 18.0. The number of likely N-dealkylation sites (tertiary alicyclic amines) is 1. The topological polar surface area (TPSA) is 144 Å². The van der Waals surface area contributed by atoms with E-state index in [1.54, 1.807) is 24.1 Å². The molecule has 11 nitrogen and oxygen atoms in total. The minimum absolute atomic E-state index is 0.0406. The van der Waals surface area contributed by atoms with Crippen molar-refractivity contribution in [2.24, 2.45) is 0 Å². The van der Waals surface area contributed by atoms with Crippen LogP contribution in [-0.4, -0.2) is 78.6 Å². The van der Waals surface area contributed by atoms with Crippen molar-refractivity contribution in [1.29, 1.82) is 0 Å². The molecule has 5 N–H and O–H groups in total. The second-order valence-corrected chi connectivity index (χ2v) is 14.4. The molecule has 0 bridgehead atoms. The Bertz CT molecular complexity index is 2110. The van der Waals surface area contributed by atoms with Crippen molar-refractivity contribution >= 4 is 34.3 Å². The Balaban J connectivity index is 1.03. The Morgan fingerprint density at radius 2 is 1.66 bits per heavy atom. The number of amides is 2. The van der Waals surface area contributed by atoms with E-state index in [9.17, 15) is 24.6 Å². The Hall–Kier alpha value is -5.49. The number of phenols is 1. The van der Waals surface area contributed by atoms with Crippen molar-refractivity contribution in [2.45, 2.75) is 44.4 Å². The fourth-order valence-corrected chi connectivity index (χ4v) is 6.78. The van der Waals surface area contributed by atoms with E-state index in [2.05, 4.69) is 29.7 Å². The van der Waals surface area contributed by atoms with Crippen molar-refractivity contribution in [3.8, 4) is 16.9 Å². The van der Waals surface area contributed by atoms with Crippen molar-refractivity contribution in [3.63, 3.8) is 0 Å². The van der Waals surface area contributed by atoms with E-state index < -0.39 is 12.2 Å². The quantitative estimate of drug-likeness (QED) is 0.0981. The Kier molecular flexibility index (Phi) is 11.6. The lowest BCUT2D eigenvalue weighted by atomic mass is 9.99. The highest BCUT2D eigenvalue weighted by molar-refractivity contribution is 5.94. The number of ether oxygens (including phenoxy) is 1. The van der Waals surface area contributed by atoms with Gasteiger partial charge in [0.15, 0.2) is 0 Å². The zero-order valence-electron chi connectivity index (χ0n) is 30.5. The van der Waals surface area contributed by atoms with E-state index in [0.29, 0.717) is 35.1 Å². The van der Waals surface area contributed by atoms with E-state index in [0.717, 1.165) is 58.4 Å². The lowest BCUT2D eigenvalue weighted by Gasteiger charge is -2.36. The number of fused-ring (bicyclic) bond motifs is 1. The third-order valence-corrected chi connectivity index (χ3v) is 10.0. The number of H-pyrrole nitrogens is 1. The van der Waals surface area contributed by atoms with Gasteiger partial charge < -0.3 is 34.6 Å². The van der Waals surface area contributed by atoms with Crippen LogP contribution in [0.3, 0.4) is 0 Å². The normalized spacial score (nSPS) is 14.8. The number of aliphatic hydroxyl groups excluding tert-OH is 1. The van der Waals surface area contributed by atoms with Gasteiger partial charge in [-0.15, -0.1) is 0 Å². The maximum atomic E-state index is 13.3. The van der Waals surface area contributed by atoms with Crippen LogP contribution >= 0.6 is 0 Å². The fourth-order valence-electron chi connectivity index (χ4n) is 6.78. The van der Waals surface area contributed by atoms with Gasteiger partial charge in [0.25, 0.3) is 0 Å². The number of aromatic hydroxyl groups is 1. The molecule has 1 fully saturated rings. The summed E-state index contributed by atoms with van der Waals surface area (Å²) in [7, 11) is 6.14. The highest BCUT2D eigenvalue weighted by Crippen LogP contribution is 2.31. The number of anilines is 2. The number of pyridine rings is 1. The molecule has 53 heavy (non-hydrogen) atoms. The zero-order chi connectivity index (χ0) is 37.5. The third-order valence-electron chi connectivity index (χ3n) is 10.0. The molecule has 6 rings (SSSR count). The molecule has 0 unspecified atom stereocenters. The standard InChI is InChI=1S/C42H47N5O6/c1-46(31-13-9-29(10-14-31)26-43-27-38(49)34-16-18-37(48)41-35(34)17-19-39(50)45-41)40(51)20-12-28-11-15-33(30-7-5-4-6-8-30)36(25-28)44-42(52)53-32-21-23-47(2,3)24-22-32/h4-11,13-19,25,32,38,43,49H,12,20-24,26-27H2,1-3H3,(H2-,44,45,48,50,52)/p+1/t38-/m1/s1. The van der Waals surface area contributed by atoms with Crippen LogP contribution in [0, 0.1) is 0 Å². The number of aromatic amines is 1. The Morgan fingerprint density at radius 3 is 2.40 bits per heavy atom. The van der Waals surface area contributed by atoms with Crippen LogP contribution in [0.2, 0.25) is 0 Å². The first kappa shape index (κ1) is 37.3. The van der Waals surface area contributed by atoms with Gasteiger partial charge in [-0.25, -0.2) is 4.79 Å². The number of phenolic OH excluding ortho intramolecular Hbond substituents is 1. The van der Waals surface area contributed by atoms with Gasteiger partial charge in [0, 0.05) is 62.1 Å². The highest BCUT2D eigenvalue weighted by atomic mass is 16.6. The average Bonchev–Trinajstić information content (AvgIpc) is 3.15. The van der Waals surface area contributed by atoms with Crippen LogP contribution in [0.25, 0.3) is 22.0 Å². The highest BCUT2D eigenvalue weighted by Gasteiger charge is 2.28. The number of quaternary nitrogens is 1. The number of hydrogen-bond donors (Lipinski definition) is 5. The van der Waals surface area contributed by atoms with Crippen LogP contribution < -0.4 is 21.1 Å². The third kappa shape index (κ3) is 9.50. The molecule has 11 heteroatoms. The average molecular weight is 719 g/mol. The van der Waals surface area contributed by atoms with Gasteiger partial charge in [0.05, 0.1) is 44.5 Å². The van der Waals surface area contributed by atoms with E-state index in [4.69, 9.17) is 4.74 Å². The van der Waals surface area contributed by atoms with Crippen LogP contribution in [-0.2, 0) is 22.5 Å². The van der Waals surface area contributed by atoms with Crippen molar-refractivity contribution in [1.82, 2.24) is 10.3 Å². The second-order valence-electron chi connectivity index (χ2n) is 14.4. The number of nitrogens with one attached hydrogen (secondary N) is 3.